The van der Waals surface area contributed by atoms with Crippen LogP contribution in [0.4, 0.5) is 14.9 Å². The Balaban J connectivity index is 1.47. The molecule has 5 nitrogen and oxygen atoms in total. The normalized spacial score (nSPS) is 16.6. The molecule has 1 saturated heterocycles. The minimum atomic E-state index is -0.359. The average molecular weight is 376 g/mol. The Hall–Kier alpha value is -2.60. The molecule has 1 aliphatic rings. The van der Waals surface area contributed by atoms with Gasteiger partial charge in [-0.2, -0.15) is 0 Å². The van der Waals surface area contributed by atoms with Gasteiger partial charge in [-0.05, 0) is 29.8 Å². The van der Waals surface area contributed by atoms with E-state index in [1.165, 1.54) is 12.1 Å². The maximum Gasteiger partial charge on any atom is 0.319 e. The predicted molar refractivity (Wildman–Crippen MR) is 98.4 cm³/mol. The van der Waals surface area contributed by atoms with E-state index < -0.39 is 0 Å². The first-order valence-corrected chi connectivity index (χ1v) is 8.70. The minimum absolute atomic E-state index is 0.0348. The molecule has 0 radical (unpaired) electrons. The van der Waals surface area contributed by atoms with Crippen molar-refractivity contribution in [3.05, 3.63) is 64.9 Å². The van der Waals surface area contributed by atoms with Gasteiger partial charge in [-0.3, -0.25) is 4.79 Å². The quantitative estimate of drug-likeness (QED) is 0.838. The molecule has 3 rings (SSSR count). The van der Waals surface area contributed by atoms with Crippen LogP contribution < -0.4 is 10.6 Å². The molecule has 0 aliphatic carbocycles. The second-order valence-electron chi connectivity index (χ2n) is 6.29. The number of rotatable bonds is 5. The fourth-order valence-corrected chi connectivity index (χ4v) is 3.10. The first-order chi connectivity index (χ1) is 12.5. The standard InChI is InChI=1S/C19H19ClFN3O2/c20-16-3-1-2-4-17(16)23-19(26)22-10-14-9-18(25)24(12-14)11-13-5-7-15(21)8-6-13/h1-8,14H,9-12H2,(H2,22,23,26)/t14-/m1/s1. The van der Waals surface area contributed by atoms with Crippen LogP contribution in [0.1, 0.15) is 12.0 Å². The molecule has 0 spiro atoms. The smallest absolute Gasteiger partial charge is 0.319 e. The minimum Gasteiger partial charge on any atom is -0.338 e. The van der Waals surface area contributed by atoms with E-state index in [2.05, 4.69) is 10.6 Å². The lowest BCUT2D eigenvalue weighted by Crippen LogP contribution is -2.34. The van der Waals surface area contributed by atoms with Gasteiger partial charge in [0.05, 0.1) is 10.7 Å². The number of carbonyl (C=O) groups excluding carboxylic acids is 2. The topological polar surface area (TPSA) is 61.4 Å². The molecular formula is C19H19ClFN3O2. The number of carbonyl (C=O) groups is 2. The molecule has 1 aliphatic heterocycles. The Morgan fingerprint density at radius 2 is 1.92 bits per heavy atom. The van der Waals surface area contributed by atoms with E-state index in [1.54, 1.807) is 41.3 Å². The highest BCUT2D eigenvalue weighted by Gasteiger charge is 2.29. The fraction of sp³-hybridized carbons (Fsp3) is 0.263. The van der Waals surface area contributed by atoms with E-state index in [1.807, 2.05) is 0 Å². The van der Waals surface area contributed by atoms with Crippen LogP contribution in [0.15, 0.2) is 48.5 Å². The van der Waals surface area contributed by atoms with Crippen molar-refractivity contribution in [1.29, 1.82) is 0 Å². The highest BCUT2D eigenvalue weighted by Crippen LogP contribution is 2.21. The van der Waals surface area contributed by atoms with Crippen LogP contribution in [0.5, 0.6) is 0 Å². The highest BCUT2D eigenvalue weighted by atomic mass is 35.5. The number of halogens is 2. The van der Waals surface area contributed by atoms with Gasteiger partial charge in [0.1, 0.15) is 5.82 Å². The van der Waals surface area contributed by atoms with Crippen molar-refractivity contribution in [2.45, 2.75) is 13.0 Å². The van der Waals surface area contributed by atoms with Crippen LogP contribution in [0.2, 0.25) is 5.02 Å². The molecule has 2 aromatic rings. The van der Waals surface area contributed by atoms with Gasteiger partial charge in [0, 0.05) is 32.0 Å². The van der Waals surface area contributed by atoms with Gasteiger partial charge in [-0.1, -0.05) is 35.9 Å². The van der Waals surface area contributed by atoms with Crippen molar-refractivity contribution < 1.29 is 14.0 Å². The maximum atomic E-state index is 13.0. The molecular weight excluding hydrogens is 357 g/mol. The largest absolute Gasteiger partial charge is 0.338 e. The van der Waals surface area contributed by atoms with E-state index in [0.717, 1.165) is 5.56 Å². The first-order valence-electron chi connectivity index (χ1n) is 8.33. The number of hydrogen-bond acceptors (Lipinski definition) is 2. The second kappa shape index (κ2) is 8.19. The Morgan fingerprint density at radius 3 is 2.65 bits per heavy atom. The van der Waals surface area contributed by atoms with Crippen LogP contribution in [0, 0.1) is 11.7 Å². The lowest BCUT2D eigenvalue weighted by molar-refractivity contribution is -0.128. The molecule has 7 heteroatoms. The molecule has 0 saturated carbocycles. The Morgan fingerprint density at radius 1 is 1.19 bits per heavy atom. The number of urea groups is 1. The van der Waals surface area contributed by atoms with E-state index in [9.17, 15) is 14.0 Å². The summed E-state index contributed by atoms with van der Waals surface area (Å²) >= 11 is 6.00. The maximum absolute atomic E-state index is 13.0. The number of nitrogens with zero attached hydrogens (tertiary/aromatic N) is 1. The third kappa shape index (κ3) is 4.73. The number of amides is 3. The number of anilines is 1. The van der Waals surface area contributed by atoms with E-state index >= 15 is 0 Å². The van der Waals surface area contributed by atoms with Crippen molar-refractivity contribution in [1.82, 2.24) is 10.2 Å². The molecule has 1 heterocycles. The number of para-hydroxylation sites is 1. The number of nitrogens with one attached hydrogen (secondary N) is 2. The summed E-state index contributed by atoms with van der Waals surface area (Å²) in [5.41, 5.74) is 1.41. The molecule has 1 atom stereocenters. The van der Waals surface area contributed by atoms with Crippen LogP contribution in [-0.2, 0) is 11.3 Å². The van der Waals surface area contributed by atoms with Crippen LogP contribution in [0.3, 0.4) is 0 Å². The van der Waals surface area contributed by atoms with Crippen LogP contribution in [0.25, 0.3) is 0 Å². The van der Waals surface area contributed by atoms with Crippen molar-refractivity contribution >= 4 is 29.2 Å². The highest BCUT2D eigenvalue weighted by molar-refractivity contribution is 6.33. The summed E-state index contributed by atoms with van der Waals surface area (Å²) in [7, 11) is 0. The van der Waals surface area contributed by atoms with E-state index in [0.29, 0.717) is 36.8 Å². The number of benzene rings is 2. The third-order valence-corrected chi connectivity index (χ3v) is 4.58. The SMILES string of the molecule is O=C(NC[C@H]1CC(=O)N(Cc2ccc(F)cc2)C1)Nc1ccccc1Cl. The summed E-state index contributed by atoms with van der Waals surface area (Å²) in [6.45, 7) is 1.39. The van der Waals surface area contributed by atoms with Crippen molar-refractivity contribution in [3.63, 3.8) is 0 Å². The molecule has 0 bridgehead atoms. The number of hydrogen-bond donors (Lipinski definition) is 2. The summed E-state index contributed by atoms with van der Waals surface area (Å²) in [6.07, 6.45) is 0.383. The van der Waals surface area contributed by atoms with E-state index in [4.69, 9.17) is 11.6 Å². The zero-order valence-electron chi connectivity index (χ0n) is 14.0. The summed E-state index contributed by atoms with van der Waals surface area (Å²) in [5.74, 6) is -0.222. The fourth-order valence-electron chi connectivity index (χ4n) is 2.92. The Bertz CT molecular complexity index is 798. The number of likely N-dealkylation sites (tertiary alicyclic amines) is 1. The van der Waals surface area contributed by atoms with Crippen molar-refractivity contribution in [3.8, 4) is 0 Å². The van der Waals surface area contributed by atoms with Crippen LogP contribution >= 0.6 is 11.6 Å². The molecule has 26 heavy (non-hydrogen) atoms. The Kier molecular flexibility index (Phi) is 5.73. The molecule has 2 N–H and O–H groups in total. The summed E-state index contributed by atoms with van der Waals surface area (Å²) < 4.78 is 13.0. The predicted octanol–water partition coefficient (Wildman–Crippen LogP) is 3.65. The molecule has 0 aromatic heterocycles. The summed E-state index contributed by atoms with van der Waals surface area (Å²) in [6, 6.07) is 12.7. The van der Waals surface area contributed by atoms with Gasteiger partial charge in [0.25, 0.3) is 0 Å². The van der Waals surface area contributed by atoms with Crippen LogP contribution in [-0.4, -0.2) is 29.9 Å². The van der Waals surface area contributed by atoms with Gasteiger partial charge in [-0.15, -0.1) is 0 Å². The Labute approximate surface area is 156 Å². The molecule has 0 unspecified atom stereocenters. The molecule has 2 aromatic carbocycles. The second-order valence-corrected chi connectivity index (χ2v) is 6.69. The van der Waals surface area contributed by atoms with Gasteiger partial charge < -0.3 is 15.5 Å². The van der Waals surface area contributed by atoms with Gasteiger partial charge >= 0.3 is 6.03 Å². The zero-order valence-corrected chi connectivity index (χ0v) is 14.8. The van der Waals surface area contributed by atoms with Gasteiger partial charge in [0.15, 0.2) is 0 Å². The van der Waals surface area contributed by atoms with Crippen molar-refractivity contribution in [2.24, 2.45) is 5.92 Å². The lowest BCUT2D eigenvalue weighted by Gasteiger charge is -2.17. The first kappa shape index (κ1) is 18.2. The monoisotopic (exact) mass is 375 g/mol. The summed E-state index contributed by atoms with van der Waals surface area (Å²) in [5, 5.41) is 5.92. The molecule has 3 amide bonds. The zero-order chi connectivity index (χ0) is 18.5. The lowest BCUT2D eigenvalue weighted by atomic mass is 10.1. The summed E-state index contributed by atoms with van der Waals surface area (Å²) in [4.78, 5) is 25.9. The molecule has 1 fully saturated rings. The van der Waals surface area contributed by atoms with Crippen molar-refractivity contribution in [2.75, 3.05) is 18.4 Å². The van der Waals surface area contributed by atoms with Gasteiger partial charge in [-0.25, -0.2) is 9.18 Å². The average Bonchev–Trinajstić information content (AvgIpc) is 2.97. The third-order valence-electron chi connectivity index (χ3n) is 4.25. The van der Waals surface area contributed by atoms with Gasteiger partial charge in [0.2, 0.25) is 5.91 Å². The van der Waals surface area contributed by atoms with E-state index in [-0.39, 0.29) is 23.7 Å². The molecule has 136 valence electrons.